The van der Waals surface area contributed by atoms with E-state index in [9.17, 15) is 4.79 Å². The highest BCUT2D eigenvalue weighted by molar-refractivity contribution is 5.87. The fourth-order valence-corrected chi connectivity index (χ4v) is 2.55. The summed E-state index contributed by atoms with van der Waals surface area (Å²) in [5, 5.41) is 5.45. The summed E-state index contributed by atoms with van der Waals surface area (Å²) >= 11 is 0. The topological polar surface area (TPSA) is 32.3 Å². The second-order valence-electron chi connectivity index (χ2n) is 5.64. The Labute approximate surface area is 127 Å². The molecule has 0 aliphatic carbocycles. The Kier molecular flexibility index (Phi) is 5.20. The van der Waals surface area contributed by atoms with E-state index in [0.29, 0.717) is 6.54 Å². The van der Waals surface area contributed by atoms with Crippen LogP contribution in [0, 0.1) is 0 Å². The largest absolute Gasteiger partial charge is 0.365 e. The first-order valence-corrected chi connectivity index (χ1v) is 7.59. The molecule has 21 heavy (non-hydrogen) atoms. The van der Waals surface area contributed by atoms with Gasteiger partial charge in [0.05, 0.1) is 6.54 Å². The van der Waals surface area contributed by atoms with Gasteiger partial charge in [0.1, 0.15) is 0 Å². The van der Waals surface area contributed by atoms with Gasteiger partial charge >= 0.3 is 0 Å². The zero-order valence-electron chi connectivity index (χ0n) is 13.1. The maximum absolute atomic E-state index is 12.0. The molecule has 1 atom stereocenters. The highest BCUT2D eigenvalue weighted by Gasteiger charge is 2.10. The molecule has 2 aromatic carbocycles. The normalized spacial score (nSPS) is 12.1. The van der Waals surface area contributed by atoms with Crippen LogP contribution in [0.25, 0.3) is 10.8 Å². The zero-order chi connectivity index (χ0) is 15.2. The summed E-state index contributed by atoms with van der Waals surface area (Å²) < 4.78 is 0. The van der Waals surface area contributed by atoms with Gasteiger partial charge in [0, 0.05) is 18.8 Å². The van der Waals surface area contributed by atoms with Crippen molar-refractivity contribution in [1.82, 2.24) is 5.32 Å². The molecule has 1 N–H and O–H groups in total. The third kappa shape index (κ3) is 4.22. The molecule has 0 saturated carbocycles. The average molecular weight is 284 g/mol. The lowest BCUT2D eigenvalue weighted by Gasteiger charge is -2.21. The summed E-state index contributed by atoms with van der Waals surface area (Å²) in [7, 11) is 1.95. The van der Waals surface area contributed by atoms with Crippen LogP contribution in [-0.2, 0) is 4.79 Å². The minimum Gasteiger partial charge on any atom is -0.365 e. The van der Waals surface area contributed by atoms with Gasteiger partial charge in [0.2, 0.25) is 5.91 Å². The maximum atomic E-state index is 12.0. The third-order valence-electron chi connectivity index (χ3n) is 3.68. The summed E-state index contributed by atoms with van der Waals surface area (Å²) in [5.41, 5.74) is 1.06. The van der Waals surface area contributed by atoms with Gasteiger partial charge in [0.25, 0.3) is 0 Å². The lowest BCUT2D eigenvalue weighted by atomic mass is 10.1. The van der Waals surface area contributed by atoms with Crippen molar-refractivity contribution in [2.24, 2.45) is 0 Å². The van der Waals surface area contributed by atoms with Crippen molar-refractivity contribution in [2.45, 2.75) is 32.7 Å². The second-order valence-corrected chi connectivity index (χ2v) is 5.64. The van der Waals surface area contributed by atoms with E-state index < -0.39 is 0 Å². The molecule has 3 nitrogen and oxygen atoms in total. The quantitative estimate of drug-likeness (QED) is 0.879. The van der Waals surface area contributed by atoms with Crippen LogP contribution in [0.1, 0.15) is 26.7 Å². The molecule has 0 heterocycles. The summed E-state index contributed by atoms with van der Waals surface area (Å²) in [6, 6.07) is 14.8. The minimum atomic E-state index is 0.0756. The van der Waals surface area contributed by atoms with Crippen LogP contribution in [0.4, 0.5) is 5.69 Å². The van der Waals surface area contributed by atoms with Gasteiger partial charge in [-0.25, -0.2) is 0 Å². The van der Waals surface area contributed by atoms with Gasteiger partial charge in [-0.05, 0) is 36.2 Å². The number of benzene rings is 2. The van der Waals surface area contributed by atoms with E-state index in [4.69, 9.17) is 0 Å². The van der Waals surface area contributed by atoms with Gasteiger partial charge in [0.15, 0.2) is 0 Å². The molecular formula is C18H24N2O. The van der Waals surface area contributed by atoms with E-state index in [1.54, 1.807) is 0 Å². The number of anilines is 1. The van der Waals surface area contributed by atoms with Crippen molar-refractivity contribution < 1.29 is 4.79 Å². The second kappa shape index (κ2) is 7.11. The molecule has 0 radical (unpaired) electrons. The molecule has 0 saturated heterocycles. The molecule has 0 fully saturated rings. The summed E-state index contributed by atoms with van der Waals surface area (Å²) in [5.74, 6) is 0.0756. The standard InChI is InChI=1S/C18H24N2O/c1-4-7-14(2)19-18(21)13-20(3)17-11-10-15-8-5-6-9-16(15)12-17/h5-6,8-12,14H,4,7,13H2,1-3H3,(H,19,21)/t14-/m0/s1. The first-order valence-electron chi connectivity index (χ1n) is 7.59. The number of fused-ring (bicyclic) bond motifs is 1. The van der Waals surface area contributed by atoms with Crippen molar-refractivity contribution in [3.05, 3.63) is 42.5 Å². The van der Waals surface area contributed by atoms with Gasteiger partial charge in [-0.15, -0.1) is 0 Å². The first-order chi connectivity index (χ1) is 10.1. The van der Waals surface area contributed by atoms with Crippen LogP contribution >= 0.6 is 0 Å². The monoisotopic (exact) mass is 284 g/mol. The number of nitrogens with one attached hydrogen (secondary N) is 1. The first kappa shape index (κ1) is 15.4. The van der Waals surface area contributed by atoms with E-state index in [2.05, 4.69) is 49.5 Å². The van der Waals surface area contributed by atoms with Crippen molar-refractivity contribution in [3.8, 4) is 0 Å². The van der Waals surface area contributed by atoms with Crippen molar-refractivity contribution in [1.29, 1.82) is 0 Å². The van der Waals surface area contributed by atoms with Gasteiger partial charge in [-0.1, -0.05) is 43.7 Å². The van der Waals surface area contributed by atoms with E-state index >= 15 is 0 Å². The number of nitrogens with zero attached hydrogens (tertiary/aromatic N) is 1. The maximum Gasteiger partial charge on any atom is 0.239 e. The molecule has 3 heteroatoms. The summed E-state index contributed by atoms with van der Waals surface area (Å²) in [6.07, 6.45) is 2.10. The Morgan fingerprint density at radius 2 is 1.90 bits per heavy atom. The van der Waals surface area contributed by atoms with Crippen LogP contribution in [0.15, 0.2) is 42.5 Å². The van der Waals surface area contributed by atoms with Gasteiger partial charge in [-0.3, -0.25) is 4.79 Å². The minimum absolute atomic E-state index is 0.0756. The van der Waals surface area contributed by atoms with Crippen molar-refractivity contribution in [3.63, 3.8) is 0 Å². The molecule has 2 rings (SSSR count). The number of carbonyl (C=O) groups is 1. The molecule has 2 aromatic rings. The smallest absolute Gasteiger partial charge is 0.239 e. The van der Waals surface area contributed by atoms with Crippen LogP contribution in [0.5, 0.6) is 0 Å². The predicted molar refractivity (Wildman–Crippen MR) is 89.7 cm³/mol. The number of hydrogen-bond acceptors (Lipinski definition) is 2. The molecule has 0 aliphatic heterocycles. The Morgan fingerprint density at radius 3 is 2.62 bits per heavy atom. The average Bonchev–Trinajstić information content (AvgIpc) is 2.46. The lowest BCUT2D eigenvalue weighted by Crippen LogP contribution is -2.39. The molecule has 0 aliphatic rings. The predicted octanol–water partition coefficient (Wildman–Crippen LogP) is 3.58. The van der Waals surface area contributed by atoms with E-state index in [0.717, 1.165) is 18.5 Å². The fraction of sp³-hybridized carbons (Fsp3) is 0.389. The fourth-order valence-electron chi connectivity index (χ4n) is 2.55. The molecule has 1 amide bonds. The zero-order valence-corrected chi connectivity index (χ0v) is 13.1. The molecule has 0 aromatic heterocycles. The Balaban J connectivity index is 2.01. The third-order valence-corrected chi connectivity index (χ3v) is 3.68. The number of rotatable bonds is 6. The van der Waals surface area contributed by atoms with Crippen LogP contribution < -0.4 is 10.2 Å². The SMILES string of the molecule is CCC[C@H](C)NC(=O)CN(C)c1ccc2ccccc2c1. The Bertz CT molecular complexity index is 609. The molecule has 0 spiro atoms. The highest BCUT2D eigenvalue weighted by atomic mass is 16.2. The molecule has 0 bridgehead atoms. The Hall–Kier alpha value is -2.03. The number of amides is 1. The van der Waals surface area contributed by atoms with E-state index in [-0.39, 0.29) is 11.9 Å². The van der Waals surface area contributed by atoms with E-state index in [1.165, 1.54) is 10.8 Å². The number of hydrogen-bond donors (Lipinski definition) is 1. The summed E-state index contributed by atoms with van der Waals surface area (Å²) in [6.45, 7) is 4.56. The lowest BCUT2D eigenvalue weighted by molar-refractivity contribution is -0.120. The number of likely N-dealkylation sites (N-methyl/N-ethyl adjacent to an activating group) is 1. The van der Waals surface area contributed by atoms with Crippen LogP contribution in [0.2, 0.25) is 0 Å². The molecule has 112 valence electrons. The molecule has 0 unspecified atom stereocenters. The van der Waals surface area contributed by atoms with Crippen LogP contribution in [-0.4, -0.2) is 25.5 Å². The highest BCUT2D eigenvalue weighted by Crippen LogP contribution is 2.21. The summed E-state index contributed by atoms with van der Waals surface area (Å²) in [4.78, 5) is 14.0. The number of carbonyl (C=O) groups excluding carboxylic acids is 1. The van der Waals surface area contributed by atoms with E-state index in [1.807, 2.05) is 24.1 Å². The molecular weight excluding hydrogens is 260 g/mol. The van der Waals surface area contributed by atoms with Gasteiger partial charge < -0.3 is 10.2 Å². The van der Waals surface area contributed by atoms with Gasteiger partial charge in [-0.2, -0.15) is 0 Å². The van der Waals surface area contributed by atoms with Crippen LogP contribution in [0.3, 0.4) is 0 Å². The van der Waals surface area contributed by atoms with Crippen molar-refractivity contribution >= 4 is 22.4 Å². The van der Waals surface area contributed by atoms with Crippen molar-refractivity contribution in [2.75, 3.05) is 18.5 Å². The Morgan fingerprint density at radius 1 is 1.19 bits per heavy atom.